The molecule has 2 heterocycles. The molecule has 16 heavy (non-hydrogen) atoms. The number of aromatic nitrogens is 3. The molecule has 0 saturated heterocycles. The van der Waals surface area contributed by atoms with E-state index < -0.39 is 0 Å². The van der Waals surface area contributed by atoms with E-state index in [1.807, 2.05) is 13.8 Å². The van der Waals surface area contributed by atoms with Crippen molar-refractivity contribution in [3.05, 3.63) is 17.1 Å². The van der Waals surface area contributed by atoms with Crippen LogP contribution in [0, 0.1) is 19.8 Å². The molecule has 0 aromatic carbocycles. The number of nitrogens with zero attached hydrogens (tertiary/aromatic N) is 2. The lowest BCUT2D eigenvalue weighted by atomic mass is 10.2. The second kappa shape index (κ2) is 3.20. The first-order valence-corrected chi connectivity index (χ1v) is 5.76. The van der Waals surface area contributed by atoms with Crippen LogP contribution < -0.4 is 5.73 Å². The van der Waals surface area contributed by atoms with Crippen molar-refractivity contribution in [3.63, 3.8) is 0 Å². The van der Waals surface area contributed by atoms with Crippen LogP contribution in [0.1, 0.15) is 29.9 Å². The van der Waals surface area contributed by atoms with Gasteiger partial charge in [-0.05, 0) is 38.2 Å². The number of nitrogen functional groups attached to an aromatic ring is 1. The van der Waals surface area contributed by atoms with E-state index >= 15 is 0 Å². The third kappa shape index (κ3) is 1.45. The van der Waals surface area contributed by atoms with Crippen LogP contribution in [-0.2, 0) is 6.42 Å². The third-order valence-corrected chi connectivity index (χ3v) is 3.37. The summed E-state index contributed by atoms with van der Waals surface area (Å²) in [7, 11) is 0. The summed E-state index contributed by atoms with van der Waals surface area (Å²) in [4.78, 5) is 12.3. The molecule has 84 valence electrons. The van der Waals surface area contributed by atoms with Crippen LogP contribution in [0.15, 0.2) is 0 Å². The molecule has 2 aromatic rings. The average Bonchev–Trinajstić information content (AvgIpc) is 2.92. The van der Waals surface area contributed by atoms with Crippen molar-refractivity contribution in [2.24, 2.45) is 5.92 Å². The topological polar surface area (TPSA) is 67.6 Å². The lowest BCUT2D eigenvalue weighted by Gasteiger charge is -2.01. The largest absolute Gasteiger partial charge is 0.382 e. The Morgan fingerprint density at radius 1 is 1.31 bits per heavy atom. The highest BCUT2D eigenvalue weighted by atomic mass is 15.0. The Hall–Kier alpha value is -1.58. The first-order valence-electron chi connectivity index (χ1n) is 5.76. The molecule has 3 N–H and O–H groups in total. The number of hydrogen-bond acceptors (Lipinski definition) is 3. The summed E-state index contributed by atoms with van der Waals surface area (Å²) in [6, 6.07) is 0. The van der Waals surface area contributed by atoms with Crippen molar-refractivity contribution in [3.8, 4) is 0 Å². The predicted molar refractivity (Wildman–Crippen MR) is 64.2 cm³/mol. The van der Waals surface area contributed by atoms with E-state index in [1.54, 1.807) is 0 Å². The molecule has 0 unspecified atom stereocenters. The number of imidazole rings is 1. The van der Waals surface area contributed by atoms with Gasteiger partial charge in [0.2, 0.25) is 0 Å². The fourth-order valence-corrected chi connectivity index (χ4v) is 2.06. The molecule has 1 fully saturated rings. The summed E-state index contributed by atoms with van der Waals surface area (Å²) < 4.78 is 0. The highest BCUT2D eigenvalue weighted by Gasteiger charge is 2.23. The van der Waals surface area contributed by atoms with Gasteiger partial charge in [0.15, 0.2) is 0 Å². The van der Waals surface area contributed by atoms with E-state index in [4.69, 9.17) is 5.73 Å². The first kappa shape index (κ1) is 9.63. The molecule has 4 heteroatoms. The van der Waals surface area contributed by atoms with E-state index in [2.05, 4.69) is 15.0 Å². The van der Waals surface area contributed by atoms with Crippen LogP contribution in [0.2, 0.25) is 0 Å². The summed E-state index contributed by atoms with van der Waals surface area (Å²) in [6.07, 6.45) is 3.72. The van der Waals surface area contributed by atoms with Crippen molar-refractivity contribution in [1.29, 1.82) is 0 Å². The van der Waals surface area contributed by atoms with Crippen LogP contribution >= 0.6 is 0 Å². The van der Waals surface area contributed by atoms with Gasteiger partial charge in [0.05, 0.1) is 5.52 Å². The van der Waals surface area contributed by atoms with Crippen LogP contribution in [0.4, 0.5) is 5.82 Å². The van der Waals surface area contributed by atoms with E-state index in [9.17, 15) is 0 Å². The number of hydrogen-bond donors (Lipinski definition) is 2. The highest BCUT2D eigenvalue weighted by Crippen LogP contribution is 2.33. The first-order chi connectivity index (χ1) is 7.65. The zero-order valence-corrected chi connectivity index (χ0v) is 9.67. The number of anilines is 1. The Morgan fingerprint density at radius 2 is 2.06 bits per heavy atom. The molecule has 4 nitrogen and oxygen atoms in total. The maximum Gasteiger partial charge on any atom is 0.149 e. The fraction of sp³-hybridized carbons (Fsp3) is 0.500. The third-order valence-electron chi connectivity index (χ3n) is 3.37. The molecule has 1 aliphatic rings. The maximum absolute atomic E-state index is 5.90. The summed E-state index contributed by atoms with van der Waals surface area (Å²) >= 11 is 0. The minimum absolute atomic E-state index is 0.563. The normalized spacial score (nSPS) is 15.9. The minimum atomic E-state index is 0.563. The summed E-state index contributed by atoms with van der Waals surface area (Å²) in [5.41, 5.74) is 9.89. The standard InChI is InChI=1S/C12H16N4/c1-6-7(2)14-12(13)11-10(6)15-9(16-11)5-8-3-4-8/h8H,3-5H2,1-2H3,(H2,13,14)(H,15,16). The Balaban J connectivity index is 2.14. The molecule has 2 aromatic heterocycles. The van der Waals surface area contributed by atoms with Crippen LogP contribution in [-0.4, -0.2) is 15.0 Å². The Kier molecular flexibility index (Phi) is 1.93. The number of aryl methyl sites for hydroxylation is 2. The number of fused-ring (bicyclic) bond motifs is 1. The molecule has 0 amide bonds. The van der Waals surface area contributed by atoms with Crippen LogP contribution in [0.3, 0.4) is 0 Å². The second-order valence-corrected chi connectivity index (χ2v) is 4.76. The van der Waals surface area contributed by atoms with Gasteiger partial charge in [0, 0.05) is 12.1 Å². The van der Waals surface area contributed by atoms with Gasteiger partial charge in [-0.15, -0.1) is 0 Å². The van der Waals surface area contributed by atoms with Gasteiger partial charge < -0.3 is 10.7 Å². The number of nitrogens with one attached hydrogen (secondary N) is 1. The van der Waals surface area contributed by atoms with Crippen molar-refractivity contribution in [2.45, 2.75) is 33.1 Å². The molecule has 0 spiro atoms. The fourth-order valence-electron chi connectivity index (χ4n) is 2.06. The molecule has 1 aliphatic carbocycles. The van der Waals surface area contributed by atoms with E-state index in [0.717, 1.165) is 40.5 Å². The van der Waals surface area contributed by atoms with E-state index in [1.165, 1.54) is 12.8 Å². The summed E-state index contributed by atoms with van der Waals surface area (Å²) in [5, 5.41) is 0. The van der Waals surface area contributed by atoms with Gasteiger partial charge in [-0.25, -0.2) is 9.97 Å². The molecular weight excluding hydrogens is 200 g/mol. The van der Waals surface area contributed by atoms with Gasteiger partial charge in [-0.2, -0.15) is 0 Å². The SMILES string of the molecule is Cc1nc(N)c2[nH]c(CC3CC3)nc2c1C. The van der Waals surface area contributed by atoms with Crippen molar-refractivity contribution in [1.82, 2.24) is 15.0 Å². The number of H-pyrrole nitrogens is 1. The van der Waals surface area contributed by atoms with Crippen molar-refractivity contribution < 1.29 is 0 Å². The second-order valence-electron chi connectivity index (χ2n) is 4.76. The van der Waals surface area contributed by atoms with Gasteiger partial charge in [-0.1, -0.05) is 0 Å². The van der Waals surface area contributed by atoms with Crippen LogP contribution in [0.25, 0.3) is 11.0 Å². The van der Waals surface area contributed by atoms with Crippen LogP contribution in [0.5, 0.6) is 0 Å². The number of pyridine rings is 1. The quantitative estimate of drug-likeness (QED) is 0.807. The molecule has 1 saturated carbocycles. The lowest BCUT2D eigenvalue weighted by molar-refractivity contribution is 0.787. The Labute approximate surface area is 94.3 Å². The molecular formula is C12H16N4. The monoisotopic (exact) mass is 216 g/mol. The average molecular weight is 216 g/mol. The Bertz CT molecular complexity index is 552. The van der Waals surface area contributed by atoms with Gasteiger partial charge in [0.25, 0.3) is 0 Å². The molecule has 0 aliphatic heterocycles. The molecule has 0 bridgehead atoms. The minimum Gasteiger partial charge on any atom is -0.382 e. The summed E-state index contributed by atoms with van der Waals surface area (Å²) in [6.45, 7) is 4.02. The molecule has 3 rings (SSSR count). The zero-order chi connectivity index (χ0) is 11.3. The maximum atomic E-state index is 5.90. The number of rotatable bonds is 2. The zero-order valence-electron chi connectivity index (χ0n) is 9.67. The summed E-state index contributed by atoms with van der Waals surface area (Å²) in [5.74, 6) is 2.45. The smallest absolute Gasteiger partial charge is 0.149 e. The number of nitrogens with two attached hydrogens (primary N) is 1. The van der Waals surface area contributed by atoms with Gasteiger partial charge in [0.1, 0.15) is 17.2 Å². The van der Waals surface area contributed by atoms with Gasteiger partial charge in [-0.3, -0.25) is 0 Å². The van der Waals surface area contributed by atoms with Gasteiger partial charge >= 0.3 is 0 Å². The number of aromatic amines is 1. The van der Waals surface area contributed by atoms with E-state index in [-0.39, 0.29) is 0 Å². The molecule has 0 radical (unpaired) electrons. The van der Waals surface area contributed by atoms with Crippen molar-refractivity contribution >= 4 is 16.9 Å². The predicted octanol–water partition coefficient (Wildman–Crippen LogP) is 2.11. The molecule has 0 atom stereocenters. The van der Waals surface area contributed by atoms with Crippen molar-refractivity contribution in [2.75, 3.05) is 5.73 Å². The van der Waals surface area contributed by atoms with E-state index in [0.29, 0.717) is 5.82 Å². The highest BCUT2D eigenvalue weighted by molar-refractivity contribution is 5.87. The Morgan fingerprint density at radius 3 is 2.75 bits per heavy atom. The lowest BCUT2D eigenvalue weighted by Crippen LogP contribution is -1.96.